The van der Waals surface area contributed by atoms with E-state index in [-0.39, 0.29) is 12.3 Å². The van der Waals surface area contributed by atoms with Crippen molar-refractivity contribution in [1.82, 2.24) is 0 Å². The number of carbonyl (C=O) groups excluding carboxylic acids is 1. The molecule has 0 saturated heterocycles. The fourth-order valence-corrected chi connectivity index (χ4v) is 3.46. The highest BCUT2D eigenvalue weighted by Gasteiger charge is 2.33. The average molecular weight is 258 g/mol. The molecule has 1 atom stereocenters. The van der Waals surface area contributed by atoms with Gasteiger partial charge in [-0.15, -0.1) is 11.6 Å². The van der Waals surface area contributed by atoms with Crippen molar-refractivity contribution in [3.63, 3.8) is 0 Å². The molecule has 0 radical (unpaired) electrons. The van der Waals surface area contributed by atoms with E-state index < -0.39 is 16.7 Å². The Kier molecular flexibility index (Phi) is 5.41. The molecule has 0 aromatic rings. The van der Waals surface area contributed by atoms with Gasteiger partial charge in [-0.1, -0.05) is 0 Å². The Morgan fingerprint density at radius 3 is 2.00 bits per heavy atom. The molecule has 1 unspecified atom stereocenters. The molecule has 0 fully saturated rings. The van der Waals surface area contributed by atoms with Crippen LogP contribution in [0.3, 0.4) is 0 Å². The molecule has 66 valence electrons. The summed E-state index contributed by atoms with van der Waals surface area (Å²) >= 11 is 20.8. The Labute approximate surface area is 84.1 Å². The number of alkyl halides is 1. The van der Waals surface area contributed by atoms with E-state index in [2.05, 4.69) is 0 Å². The zero-order valence-electron chi connectivity index (χ0n) is 5.27. The number of halogens is 4. The minimum Gasteiger partial charge on any atom is -0.288 e. The van der Waals surface area contributed by atoms with Crippen LogP contribution in [0.4, 0.5) is 0 Å². The quantitative estimate of drug-likeness (QED) is 0.439. The number of hydrogen-bond donors (Lipinski definition) is 0. The van der Waals surface area contributed by atoms with Gasteiger partial charge in [-0.05, 0) is 40.5 Å². The first-order chi connectivity index (χ1) is 4.89. The Morgan fingerprint density at radius 2 is 1.91 bits per heavy atom. The first-order valence-corrected chi connectivity index (χ1v) is 7.13. The van der Waals surface area contributed by atoms with E-state index >= 15 is 0 Å². The van der Waals surface area contributed by atoms with Gasteiger partial charge in [0.25, 0.3) is 5.85 Å². The number of hydrogen-bond acceptors (Lipinski definition) is 2. The van der Waals surface area contributed by atoms with E-state index in [1.807, 2.05) is 0 Å². The highest BCUT2D eigenvalue weighted by atomic mass is 35.9. The normalized spacial score (nSPS) is 14.5. The molecule has 0 N–H and O–H groups in total. The summed E-state index contributed by atoms with van der Waals surface area (Å²) in [7, 11) is 0. The van der Waals surface area contributed by atoms with Gasteiger partial charge in [0, 0.05) is 5.88 Å². The van der Waals surface area contributed by atoms with Crippen molar-refractivity contribution < 1.29 is 9.36 Å². The molecule has 0 rings (SSSR count). The smallest absolute Gasteiger partial charge is 0.264 e. The third-order valence-corrected chi connectivity index (χ3v) is 4.27. The molecular formula is C4H5Cl4O2P. The highest BCUT2D eigenvalue weighted by Crippen LogP contribution is 2.62. The predicted molar refractivity (Wildman–Crippen MR) is 49.3 cm³/mol. The molecule has 0 amide bonds. The molecule has 7 heteroatoms. The van der Waals surface area contributed by atoms with Gasteiger partial charge in [0.05, 0.1) is 0 Å². The lowest BCUT2D eigenvalue weighted by Crippen LogP contribution is -2.12. The molecule has 0 aliphatic heterocycles. The van der Waals surface area contributed by atoms with Gasteiger partial charge in [0.1, 0.15) is 5.66 Å². The standard InChI is InChI=1S/C4H5Cl4O2P/c5-2-1-3(4(6)9)11(7,8)10/h3H,1-2H2. The lowest BCUT2D eigenvalue weighted by atomic mass is 10.4. The van der Waals surface area contributed by atoms with Gasteiger partial charge in [0.15, 0.2) is 0 Å². The van der Waals surface area contributed by atoms with Crippen molar-refractivity contribution in [1.29, 1.82) is 0 Å². The summed E-state index contributed by atoms with van der Waals surface area (Å²) in [6.07, 6.45) is 0.133. The van der Waals surface area contributed by atoms with Crippen LogP contribution in [0.2, 0.25) is 0 Å². The predicted octanol–water partition coefficient (Wildman–Crippen LogP) is 3.42. The second-order valence-corrected chi connectivity index (χ2v) is 7.71. The van der Waals surface area contributed by atoms with Crippen LogP contribution in [-0.2, 0) is 9.36 Å². The van der Waals surface area contributed by atoms with E-state index in [0.717, 1.165) is 0 Å². The van der Waals surface area contributed by atoms with Gasteiger partial charge >= 0.3 is 0 Å². The van der Waals surface area contributed by atoms with Crippen LogP contribution in [0.1, 0.15) is 6.42 Å². The summed E-state index contributed by atoms with van der Waals surface area (Å²) in [5, 5.41) is -0.806. The Bertz CT molecular complexity index is 189. The number of rotatable bonds is 4. The van der Waals surface area contributed by atoms with Crippen molar-refractivity contribution >= 4 is 56.8 Å². The molecule has 0 heterocycles. The summed E-state index contributed by atoms with van der Waals surface area (Å²) < 4.78 is 10.9. The molecule has 0 saturated carbocycles. The van der Waals surface area contributed by atoms with Crippen LogP contribution < -0.4 is 0 Å². The van der Waals surface area contributed by atoms with Crippen LogP contribution in [-0.4, -0.2) is 16.8 Å². The lowest BCUT2D eigenvalue weighted by molar-refractivity contribution is -0.111. The van der Waals surface area contributed by atoms with Gasteiger partial charge in [0.2, 0.25) is 5.24 Å². The first-order valence-electron chi connectivity index (χ1n) is 2.64. The highest BCUT2D eigenvalue weighted by molar-refractivity contribution is 8.09. The first kappa shape index (κ1) is 12.1. The van der Waals surface area contributed by atoms with Crippen LogP contribution in [0.15, 0.2) is 0 Å². The lowest BCUT2D eigenvalue weighted by Gasteiger charge is -2.10. The van der Waals surface area contributed by atoms with Gasteiger partial charge in [-0.2, -0.15) is 0 Å². The van der Waals surface area contributed by atoms with Crippen molar-refractivity contribution in [3.8, 4) is 0 Å². The maximum Gasteiger partial charge on any atom is 0.264 e. The van der Waals surface area contributed by atoms with Crippen LogP contribution in [0, 0.1) is 0 Å². The maximum absolute atomic E-state index is 10.9. The summed E-state index contributed by atoms with van der Waals surface area (Å²) in [6.45, 7) is 0. The minimum absolute atomic E-state index is 0.133. The topological polar surface area (TPSA) is 34.1 Å². The molecule has 0 aliphatic carbocycles. The second-order valence-electron chi connectivity index (χ2n) is 1.80. The molecule has 0 spiro atoms. The van der Waals surface area contributed by atoms with Crippen LogP contribution >= 0.6 is 51.5 Å². The third-order valence-electron chi connectivity index (χ3n) is 1.01. The molecule has 2 nitrogen and oxygen atoms in total. The largest absolute Gasteiger partial charge is 0.288 e. The van der Waals surface area contributed by atoms with Crippen molar-refractivity contribution in [2.24, 2.45) is 0 Å². The summed E-state index contributed by atoms with van der Waals surface area (Å²) in [4.78, 5) is 10.5. The van der Waals surface area contributed by atoms with Crippen molar-refractivity contribution in [2.45, 2.75) is 12.1 Å². The van der Waals surface area contributed by atoms with Crippen molar-refractivity contribution in [2.75, 3.05) is 5.88 Å². The Balaban J connectivity index is 4.35. The van der Waals surface area contributed by atoms with Crippen LogP contribution in [0.25, 0.3) is 0 Å². The molecular weight excluding hydrogens is 253 g/mol. The SMILES string of the molecule is O=C(Cl)C(CCCl)P(=O)(Cl)Cl. The zero-order valence-corrected chi connectivity index (χ0v) is 9.19. The summed E-state index contributed by atoms with van der Waals surface area (Å²) in [5.74, 6) is -3.32. The van der Waals surface area contributed by atoms with Gasteiger partial charge in [-0.25, -0.2) is 0 Å². The van der Waals surface area contributed by atoms with E-state index in [4.69, 9.17) is 45.7 Å². The van der Waals surface area contributed by atoms with E-state index in [0.29, 0.717) is 0 Å². The zero-order chi connectivity index (χ0) is 9.07. The molecule has 0 bridgehead atoms. The van der Waals surface area contributed by atoms with E-state index in [1.54, 1.807) is 0 Å². The Morgan fingerprint density at radius 1 is 1.45 bits per heavy atom. The average Bonchev–Trinajstić information content (AvgIpc) is 1.79. The third kappa shape index (κ3) is 4.59. The van der Waals surface area contributed by atoms with Crippen molar-refractivity contribution in [3.05, 3.63) is 0 Å². The monoisotopic (exact) mass is 256 g/mol. The summed E-state index contributed by atoms with van der Waals surface area (Å²) in [6, 6.07) is 0. The molecule has 0 aliphatic rings. The van der Waals surface area contributed by atoms with Gasteiger partial charge < -0.3 is 0 Å². The fourth-order valence-electron chi connectivity index (χ4n) is 0.485. The fraction of sp³-hybridized carbons (Fsp3) is 0.750. The molecule has 0 aromatic carbocycles. The molecule has 0 aromatic heterocycles. The maximum atomic E-state index is 10.9. The van der Waals surface area contributed by atoms with Crippen LogP contribution in [0.5, 0.6) is 0 Å². The second kappa shape index (κ2) is 4.94. The van der Waals surface area contributed by atoms with E-state index in [1.165, 1.54) is 0 Å². The minimum atomic E-state index is -3.47. The summed E-state index contributed by atoms with van der Waals surface area (Å²) in [5.41, 5.74) is -1.04. The number of carbonyl (C=O) groups is 1. The molecule has 11 heavy (non-hydrogen) atoms. The Hall–Kier alpha value is 1.06. The van der Waals surface area contributed by atoms with Gasteiger partial charge in [-0.3, -0.25) is 9.36 Å². The van der Waals surface area contributed by atoms with E-state index in [9.17, 15) is 9.36 Å².